The van der Waals surface area contributed by atoms with Crippen molar-refractivity contribution in [1.82, 2.24) is 4.90 Å². The minimum atomic E-state index is -0.942. The molecule has 0 aromatic rings. The maximum absolute atomic E-state index is 11.0. The molecule has 1 aliphatic heterocycles. The van der Waals surface area contributed by atoms with E-state index in [0.29, 0.717) is 18.9 Å². The Hall–Kier alpha value is -1.29. The highest BCUT2D eigenvalue weighted by molar-refractivity contribution is 5.66. The molecule has 0 aromatic carbocycles. The Morgan fingerprint density at radius 2 is 2.40 bits per heavy atom. The maximum Gasteiger partial charge on any atom is 0.407 e. The summed E-state index contributed by atoms with van der Waals surface area (Å²) in [5.74, 6) is 0.325. The van der Waals surface area contributed by atoms with Gasteiger partial charge in [0, 0.05) is 12.5 Å². The lowest BCUT2D eigenvalue weighted by Gasteiger charge is -2.38. The molecule has 0 bridgehead atoms. The Labute approximate surface area is 88.5 Å². The van der Waals surface area contributed by atoms with Gasteiger partial charge < -0.3 is 10.2 Å². The first-order chi connectivity index (χ1) is 7.22. The summed E-state index contributed by atoms with van der Waals surface area (Å²) >= 11 is 0. The number of piperidine rings is 1. The van der Waals surface area contributed by atoms with Crippen LogP contribution < -0.4 is 0 Å². The van der Waals surface area contributed by atoms with Crippen molar-refractivity contribution in [2.75, 3.05) is 13.2 Å². The lowest BCUT2D eigenvalue weighted by atomic mass is 9.83. The number of carboxylic acid groups (broad SMARTS) is 1. The summed E-state index contributed by atoms with van der Waals surface area (Å²) in [6, 6.07) is -0.257. The van der Waals surface area contributed by atoms with Crippen LogP contribution in [0.5, 0.6) is 0 Å². The standard InChI is InChI=1S/C11H15NO3/c13-7-10-5-8-3-1-2-4-9(8)6-12(10)11(14)15/h1,3-4,8,10,13H,2,5-7H2,(H,14,15). The molecular formula is C11H15NO3. The van der Waals surface area contributed by atoms with Gasteiger partial charge in [0.05, 0.1) is 12.6 Å². The fraction of sp³-hybridized carbons (Fsp3) is 0.545. The predicted octanol–water partition coefficient (Wildman–Crippen LogP) is 1.23. The second-order valence-electron chi connectivity index (χ2n) is 4.03. The van der Waals surface area contributed by atoms with Gasteiger partial charge in [-0.15, -0.1) is 0 Å². The summed E-state index contributed by atoms with van der Waals surface area (Å²) in [5, 5.41) is 18.2. The van der Waals surface area contributed by atoms with Gasteiger partial charge in [0.1, 0.15) is 0 Å². The summed E-state index contributed by atoms with van der Waals surface area (Å²) < 4.78 is 0. The minimum Gasteiger partial charge on any atom is -0.465 e. The van der Waals surface area contributed by atoms with Crippen LogP contribution in [-0.4, -0.2) is 40.4 Å². The van der Waals surface area contributed by atoms with E-state index in [4.69, 9.17) is 10.2 Å². The van der Waals surface area contributed by atoms with Crippen LogP contribution in [0.2, 0.25) is 0 Å². The second-order valence-corrected chi connectivity index (χ2v) is 4.03. The van der Waals surface area contributed by atoms with Gasteiger partial charge in [-0.05, 0) is 18.4 Å². The molecule has 2 atom stereocenters. The molecule has 4 heteroatoms. The zero-order valence-corrected chi connectivity index (χ0v) is 8.47. The number of aliphatic hydroxyl groups is 1. The SMILES string of the molecule is O=C(O)N1CC2=CCC=CC2CC1CO. The number of fused-ring (bicyclic) bond motifs is 1. The lowest BCUT2D eigenvalue weighted by molar-refractivity contribution is 0.0832. The Morgan fingerprint density at radius 1 is 1.60 bits per heavy atom. The number of amides is 1. The van der Waals surface area contributed by atoms with E-state index in [-0.39, 0.29) is 12.6 Å². The van der Waals surface area contributed by atoms with E-state index >= 15 is 0 Å². The Bertz CT molecular complexity index is 322. The summed E-state index contributed by atoms with van der Waals surface area (Å²) in [6.07, 6.45) is 6.96. The summed E-state index contributed by atoms with van der Waals surface area (Å²) in [4.78, 5) is 12.3. The number of hydrogen-bond acceptors (Lipinski definition) is 2. The third kappa shape index (κ3) is 1.90. The lowest BCUT2D eigenvalue weighted by Crippen LogP contribution is -2.48. The highest BCUT2D eigenvalue weighted by Crippen LogP contribution is 2.31. The van der Waals surface area contributed by atoms with E-state index in [2.05, 4.69) is 18.2 Å². The van der Waals surface area contributed by atoms with Crippen molar-refractivity contribution in [3.63, 3.8) is 0 Å². The zero-order chi connectivity index (χ0) is 10.8. The van der Waals surface area contributed by atoms with Crippen LogP contribution in [0.4, 0.5) is 4.79 Å². The molecule has 1 heterocycles. The van der Waals surface area contributed by atoms with Crippen molar-refractivity contribution in [2.24, 2.45) is 5.92 Å². The van der Waals surface area contributed by atoms with E-state index in [1.54, 1.807) is 0 Å². The van der Waals surface area contributed by atoms with Crippen molar-refractivity contribution >= 4 is 6.09 Å². The predicted molar refractivity (Wildman–Crippen MR) is 55.6 cm³/mol. The molecule has 82 valence electrons. The fourth-order valence-corrected chi connectivity index (χ4v) is 2.29. The quantitative estimate of drug-likeness (QED) is 0.638. The van der Waals surface area contributed by atoms with Crippen LogP contribution in [0.15, 0.2) is 23.8 Å². The molecule has 1 aliphatic carbocycles. The Kier molecular flexibility index (Phi) is 2.77. The first-order valence-corrected chi connectivity index (χ1v) is 5.18. The monoisotopic (exact) mass is 209 g/mol. The van der Waals surface area contributed by atoms with Crippen LogP contribution in [0.25, 0.3) is 0 Å². The molecule has 0 spiro atoms. The molecule has 0 aromatic heterocycles. The molecule has 1 saturated heterocycles. The zero-order valence-electron chi connectivity index (χ0n) is 8.47. The van der Waals surface area contributed by atoms with Crippen molar-refractivity contribution in [1.29, 1.82) is 0 Å². The summed E-state index contributed by atoms with van der Waals surface area (Å²) in [5.41, 5.74) is 1.17. The minimum absolute atomic E-state index is 0.0933. The number of hydrogen-bond donors (Lipinski definition) is 2. The average Bonchev–Trinajstić information content (AvgIpc) is 2.27. The first kappa shape index (κ1) is 10.2. The van der Waals surface area contributed by atoms with E-state index < -0.39 is 6.09 Å². The van der Waals surface area contributed by atoms with E-state index in [1.807, 2.05) is 0 Å². The molecule has 4 nitrogen and oxygen atoms in total. The molecule has 2 unspecified atom stereocenters. The fourth-order valence-electron chi connectivity index (χ4n) is 2.29. The van der Waals surface area contributed by atoms with Crippen molar-refractivity contribution in [3.8, 4) is 0 Å². The van der Waals surface area contributed by atoms with Gasteiger partial charge in [-0.2, -0.15) is 0 Å². The van der Waals surface area contributed by atoms with Crippen molar-refractivity contribution in [3.05, 3.63) is 23.8 Å². The topological polar surface area (TPSA) is 60.8 Å². The van der Waals surface area contributed by atoms with Gasteiger partial charge in [0.15, 0.2) is 0 Å². The van der Waals surface area contributed by atoms with Gasteiger partial charge in [-0.1, -0.05) is 18.2 Å². The highest BCUT2D eigenvalue weighted by Gasteiger charge is 2.33. The molecule has 2 aliphatic rings. The molecule has 0 saturated carbocycles. The van der Waals surface area contributed by atoms with Gasteiger partial charge in [-0.25, -0.2) is 4.79 Å². The molecule has 2 N–H and O–H groups in total. The second kappa shape index (κ2) is 4.06. The smallest absolute Gasteiger partial charge is 0.407 e. The number of aliphatic hydroxyl groups excluding tert-OH is 1. The first-order valence-electron chi connectivity index (χ1n) is 5.18. The summed E-state index contributed by atoms with van der Waals surface area (Å²) in [6.45, 7) is 0.347. The van der Waals surface area contributed by atoms with Crippen LogP contribution in [0.3, 0.4) is 0 Å². The molecule has 1 amide bonds. The third-order valence-corrected chi connectivity index (χ3v) is 3.14. The largest absolute Gasteiger partial charge is 0.465 e. The maximum atomic E-state index is 11.0. The molecule has 1 fully saturated rings. The number of nitrogens with zero attached hydrogens (tertiary/aromatic N) is 1. The van der Waals surface area contributed by atoms with Gasteiger partial charge in [-0.3, -0.25) is 4.90 Å². The van der Waals surface area contributed by atoms with Crippen LogP contribution >= 0.6 is 0 Å². The highest BCUT2D eigenvalue weighted by atomic mass is 16.4. The molecular weight excluding hydrogens is 194 g/mol. The number of carbonyl (C=O) groups is 1. The Balaban J connectivity index is 2.16. The van der Waals surface area contributed by atoms with Gasteiger partial charge in [0.25, 0.3) is 0 Å². The average molecular weight is 209 g/mol. The van der Waals surface area contributed by atoms with Gasteiger partial charge >= 0.3 is 6.09 Å². The van der Waals surface area contributed by atoms with Crippen molar-refractivity contribution < 1.29 is 15.0 Å². The molecule has 2 rings (SSSR count). The Morgan fingerprint density at radius 3 is 3.07 bits per heavy atom. The number of rotatable bonds is 1. The van der Waals surface area contributed by atoms with Crippen LogP contribution in [0.1, 0.15) is 12.8 Å². The van der Waals surface area contributed by atoms with Crippen LogP contribution in [-0.2, 0) is 0 Å². The van der Waals surface area contributed by atoms with E-state index in [9.17, 15) is 4.79 Å². The molecule has 15 heavy (non-hydrogen) atoms. The molecule has 0 radical (unpaired) electrons. The van der Waals surface area contributed by atoms with Crippen LogP contribution in [0, 0.1) is 5.92 Å². The van der Waals surface area contributed by atoms with E-state index in [1.165, 1.54) is 10.5 Å². The summed E-state index contributed by atoms with van der Waals surface area (Å²) in [7, 11) is 0. The van der Waals surface area contributed by atoms with Crippen molar-refractivity contribution in [2.45, 2.75) is 18.9 Å². The number of allylic oxidation sites excluding steroid dienone is 3. The third-order valence-electron chi connectivity index (χ3n) is 3.14. The van der Waals surface area contributed by atoms with E-state index in [0.717, 1.165) is 6.42 Å². The normalized spacial score (nSPS) is 29.7. The van der Waals surface area contributed by atoms with Gasteiger partial charge in [0.2, 0.25) is 0 Å². The number of likely N-dealkylation sites (tertiary alicyclic amines) is 1.